The van der Waals surface area contributed by atoms with Crippen LogP contribution >= 0.6 is 0 Å². The number of fused-ring (bicyclic) bond motifs is 14. The monoisotopic (exact) mass is 755 g/mol. The second-order valence-corrected chi connectivity index (χ2v) is 13.8. The molecule has 0 radical (unpaired) electrons. The van der Waals surface area contributed by atoms with Crippen molar-refractivity contribution in [2.45, 2.75) is 85.6 Å². The second-order valence-electron chi connectivity index (χ2n) is 13.8. The minimum Gasteiger partial charge on any atom is -0.507 e. The number of benzene rings is 1. The first-order valence-electron chi connectivity index (χ1n) is 17.7. The number of carbonyl (C=O) groups is 5. The minimum atomic E-state index is -2.27. The van der Waals surface area contributed by atoms with Gasteiger partial charge in [0.15, 0.2) is 0 Å². The molecule has 0 saturated carbocycles. The van der Waals surface area contributed by atoms with E-state index in [0.717, 1.165) is 12.3 Å². The molecule has 1 saturated heterocycles. The number of rotatable bonds is 4. The number of ketones is 1. The van der Waals surface area contributed by atoms with Crippen LogP contribution in [0.4, 0.5) is 0 Å². The van der Waals surface area contributed by atoms with E-state index < -0.39 is 113 Å². The maximum Gasteiger partial charge on any atom is 0.347 e. The fourth-order valence-electron chi connectivity index (χ4n) is 6.99. The molecule has 4 N–H and O–H groups in total. The van der Waals surface area contributed by atoms with E-state index in [4.69, 9.17) is 28.4 Å². The normalized spacial score (nSPS) is 33.2. The van der Waals surface area contributed by atoms with Crippen LogP contribution in [0.5, 0.6) is 11.5 Å². The average molecular weight is 756 g/mol. The van der Waals surface area contributed by atoms with E-state index in [-0.39, 0.29) is 29.1 Å². The van der Waals surface area contributed by atoms with Crippen molar-refractivity contribution in [1.82, 2.24) is 5.32 Å². The van der Waals surface area contributed by atoms with Crippen LogP contribution in [0.1, 0.15) is 80.3 Å². The van der Waals surface area contributed by atoms with Crippen LogP contribution < -0.4 is 10.1 Å². The largest absolute Gasteiger partial charge is 0.507 e. The third-order valence-electron chi connectivity index (χ3n) is 10.1. The van der Waals surface area contributed by atoms with Gasteiger partial charge in [-0.05, 0) is 26.8 Å². The van der Waals surface area contributed by atoms with E-state index in [1.165, 1.54) is 46.1 Å². The molecule has 4 bridgehead atoms. The Morgan fingerprint density at radius 2 is 1.69 bits per heavy atom. The number of aliphatic hydroxyl groups is 2. The molecule has 294 valence electrons. The number of nitrogens with one attached hydrogen (secondary N) is 1. The van der Waals surface area contributed by atoms with Gasteiger partial charge in [-0.3, -0.25) is 14.4 Å². The van der Waals surface area contributed by atoms with Crippen LogP contribution in [0.3, 0.4) is 0 Å². The molecule has 54 heavy (non-hydrogen) atoms. The Morgan fingerprint density at radius 3 is 2.28 bits per heavy atom. The third kappa shape index (κ3) is 8.28. The zero-order valence-electron chi connectivity index (χ0n) is 31.8. The maximum atomic E-state index is 14.1. The summed E-state index contributed by atoms with van der Waals surface area (Å²) in [5, 5.41) is 36.6. The number of esters is 3. The third-order valence-corrected chi connectivity index (χ3v) is 10.1. The quantitative estimate of drug-likeness (QED) is 0.256. The number of ether oxygens (including phenoxy) is 6. The molecule has 1 aromatic carbocycles. The number of methoxy groups -OCH3 is 1. The average Bonchev–Trinajstić information content (AvgIpc) is 3.50. The molecule has 1 aliphatic carbocycles. The van der Waals surface area contributed by atoms with E-state index in [0.29, 0.717) is 0 Å². The number of Topliss-reactive ketones (excluding diaryl/α,β-unsaturated/α-hetero) is 1. The van der Waals surface area contributed by atoms with Crippen molar-refractivity contribution < 1.29 is 67.7 Å². The standard InChI is InChI=1S/C39H49NO14/c1-10-50-36-23(7)33(45)28-30-29(36)38(48)51-15-14-26(49-9)20(4)35(53-24(8)41)22(6)32(44)21(5)31(43)18(2)12-11-13-19(3)37(47)40-25(34(28)46)16-39(30)52-17-27(42)54-39/h11-16,18,20-22,26,31-32,35,43-45H,10,17H2,1-9H3,(H,40,47)/b12-11+,15-14+,19-13-/t18-,20+,21+,22+,26-,31-,32+,35+,39+/m0/s1. The summed E-state index contributed by atoms with van der Waals surface area (Å²) in [6, 6.07) is 0. The molecule has 0 unspecified atom stereocenters. The van der Waals surface area contributed by atoms with Crippen LogP contribution in [-0.4, -0.2) is 89.7 Å². The number of amides is 1. The summed E-state index contributed by atoms with van der Waals surface area (Å²) in [6.45, 7) is 11.9. The zero-order chi connectivity index (χ0) is 40.2. The van der Waals surface area contributed by atoms with Gasteiger partial charge in [0.25, 0.3) is 11.7 Å². The fraction of sp³-hybridized carbons (Fsp3) is 0.513. The highest BCUT2D eigenvalue weighted by molar-refractivity contribution is 6.17. The molecular formula is C39H49NO14. The zero-order valence-corrected chi connectivity index (χ0v) is 31.8. The lowest BCUT2D eigenvalue weighted by atomic mass is 9.78. The number of carbonyl (C=O) groups excluding carboxylic acids is 5. The van der Waals surface area contributed by atoms with Gasteiger partial charge < -0.3 is 49.1 Å². The van der Waals surface area contributed by atoms with Crippen molar-refractivity contribution in [3.8, 4) is 11.5 Å². The smallest absolute Gasteiger partial charge is 0.347 e. The molecule has 0 aromatic heterocycles. The van der Waals surface area contributed by atoms with E-state index in [2.05, 4.69) is 5.32 Å². The van der Waals surface area contributed by atoms with Crippen LogP contribution in [0, 0.1) is 30.6 Å². The number of hydrogen-bond donors (Lipinski definition) is 4. The van der Waals surface area contributed by atoms with Crippen LogP contribution in [0.25, 0.3) is 0 Å². The topological polar surface area (TPSA) is 213 Å². The molecular weight excluding hydrogens is 706 g/mol. The number of hydrogen-bond acceptors (Lipinski definition) is 14. The Labute approximate surface area is 313 Å². The molecule has 9 atom stereocenters. The molecule has 3 aliphatic heterocycles. The van der Waals surface area contributed by atoms with Gasteiger partial charge in [-0.15, -0.1) is 0 Å². The van der Waals surface area contributed by atoms with E-state index >= 15 is 0 Å². The Bertz CT molecular complexity index is 1790. The summed E-state index contributed by atoms with van der Waals surface area (Å²) < 4.78 is 34.1. The highest BCUT2D eigenvalue weighted by Gasteiger charge is 2.53. The molecule has 15 heteroatoms. The summed E-state index contributed by atoms with van der Waals surface area (Å²) in [6.07, 6.45) is 4.05. The molecule has 5 rings (SSSR count). The number of phenols is 1. The Balaban J connectivity index is 1.95. The molecule has 1 aromatic rings. The summed E-state index contributed by atoms with van der Waals surface area (Å²) in [7, 11) is 1.39. The van der Waals surface area contributed by atoms with Gasteiger partial charge in [-0.25, -0.2) is 9.59 Å². The number of aliphatic hydroxyl groups excluding tert-OH is 2. The van der Waals surface area contributed by atoms with Crippen molar-refractivity contribution >= 4 is 29.6 Å². The fourth-order valence-corrected chi connectivity index (χ4v) is 6.99. The van der Waals surface area contributed by atoms with E-state index in [1.54, 1.807) is 40.7 Å². The number of phenolic OH excluding ortho intramolecular Hbond substituents is 1. The van der Waals surface area contributed by atoms with Crippen LogP contribution in [-0.2, 0) is 43.9 Å². The van der Waals surface area contributed by atoms with Crippen LogP contribution in [0.2, 0.25) is 0 Å². The van der Waals surface area contributed by atoms with Crippen molar-refractivity contribution in [2.24, 2.45) is 23.7 Å². The van der Waals surface area contributed by atoms with Gasteiger partial charge in [0.1, 0.15) is 29.8 Å². The lowest BCUT2D eigenvalue weighted by Gasteiger charge is -2.38. The summed E-state index contributed by atoms with van der Waals surface area (Å²) in [5.41, 5.74) is -1.56. The molecule has 1 fully saturated rings. The Kier molecular flexibility index (Phi) is 13.3. The second kappa shape index (κ2) is 17.1. The lowest BCUT2D eigenvalue weighted by Crippen LogP contribution is -2.46. The van der Waals surface area contributed by atoms with Gasteiger partial charge in [-0.2, -0.15) is 0 Å². The number of allylic oxidation sites excluding steroid dienone is 3. The molecule has 1 amide bonds. The highest BCUT2D eigenvalue weighted by atomic mass is 16.8. The predicted octanol–water partition coefficient (Wildman–Crippen LogP) is 3.42. The predicted molar refractivity (Wildman–Crippen MR) is 191 cm³/mol. The summed E-state index contributed by atoms with van der Waals surface area (Å²) in [5.74, 6) is -9.88. The first-order chi connectivity index (χ1) is 25.4. The van der Waals surface area contributed by atoms with E-state index in [9.17, 15) is 39.3 Å². The SMILES string of the molecule is CCOc1c(C)c(O)c2c3c1C(=O)O/C=C/[C@H](OC)[C@@H](C)[C@@H](OC(C)=O)[C@H](C)[C@H](O)[C@H](C)[C@@H](O)[C@@H](C)/C=C/C=C(/C)C(=O)NC(=C[C@]31OCC(=O)O1)C2=O. The first-order valence-corrected chi connectivity index (χ1v) is 17.7. The maximum absolute atomic E-state index is 14.1. The van der Waals surface area contributed by atoms with Gasteiger partial charge in [0.05, 0.1) is 48.0 Å². The lowest BCUT2D eigenvalue weighted by molar-refractivity contribution is -0.161. The van der Waals surface area contributed by atoms with Gasteiger partial charge in [0, 0.05) is 54.9 Å². The molecule has 3 heterocycles. The van der Waals surface area contributed by atoms with Gasteiger partial charge in [0.2, 0.25) is 5.78 Å². The molecule has 15 nitrogen and oxygen atoms in total. The van der Waals surface area contributed by atoms with Crippen LogP contribution in [0.15, 0.2) is 47.9 Å². The summed E-state index contributed by atoms with van der Waals surface area (Å²) >= 11 is 0. The van der Waals surface area contributed by atoms with Crippen molar-refractivity contribution in [1.29, 1.82) is 0 Å². The van der Waals surface area contributed by atoms with E-state index in [1.807, 2.05) is 0 Å². The van der Waals surface area contributed by atoms with Gasteiger partial charge >= 0.3 is 17.9 Å². The molecule has 4 aliphatic rings. The van der Waals surface area contributed by atoms with Crippen molar-refractivity contribution in [3.05, 3.63) is 70.2 Å². The van der Waals surface area contributed by atoms with Crippen molar-refractivity contribution in [3.63, 3.8) is 0 Å². The minimum absolute atomic E-state index is 0.00718. The first kappa shape index (κ1) is 41.9. The highest BCUT2D eigenvalue weighted by Crippen LogP contribution is 2.50. The Morgan fingerprint density at radius 1 is 1.00 bits per heavy atom. The molecule has 1 spiro atoms. The van der Waals surface area contributed by atoms with Crippen molar-refractivity contribution in [2.75, 3.05) is 20.3 Å². The Hall–Kier alpha value is -4.83. The number of aromatic hydroxyl groups is 1. The van der Waals surface area contributed by atoms with Gasteiger partial charge in [-0.1, -0.05) is 45.9 Å². The summed E-state index contributed by atoms with van der Waals surface area (Å²) in [4.78, 5) is 66.4.